The van der Waals surface area contributed by atoms with Gasteiger partial charge in [-0.25, -0.2) is 4.21 Å². The lowest BCUT2D eigenvalue weighted by atomic mass is 9.84. The minimum absolute atomic E-state index is 0.170. The van der Waals surface area contributed by atoms with Gasteiger partial charge in [0.25, 0.3) is 0 Å². The van der Waals surface area contributed by atoms with Gasteiger partial charge in [-0.3, -0.25) is 0 Å². The number of hydrogen-bond acceptors (Lipinski definition) is 4. The van der Waals surface area contributed by atoms with Crippen molar-refractivity contribution >= 4 is 21.2 Å². The summed E-state index contributed by atoms with van der Waals surface area (Å²) in [7, 11) is -6.63. The van der Waals surface area contributed by atoms with Crippen LogP contribution in [0.25, 0.3) is 0 Å². The fraction of sp³-hybridized carbons (Fsp3) is 0.600. The second-order valence-corrected chi connectivity index (χ2v) is 8.90. The molecule has 2 rings (SSSR count). The largest absolute Gasteiger partial charge is 0.450 e. The van der Waals surface area contributed by atoms with Crippen LogP contribution in [-0.4, -0.2) is 33.6 Å². The highest BCUT2D eigenvalue weighted by atomic mass is 32.2. The van der Waals surface area contributed by atoms with E-state index in [0.717, 1.165) is 49.8 Å². The summed E-state index contributed by atoms with van der Waals surface area (Å²) in [5, 5.41) is -12.7. The predicted molar refractivity (Wildman–Crippen MR) is 87.4 cm³/mol. The lowest BCUT2D eigenvalue weighted by Gasteiger charge is -2.29. The number of halogens is 6. The minimum atomic E-state index is -6.71. The molecule has 0 aliphatic heterocycles. The molecule has 1 atom stereocenters. The second kappa shape index (κ2) is 7.82. The first-order chi connectivity index (χ1) is 12.7. The van der Waals surface area contributed by atoms with Crippen LogP contribution in [0, 0.1) is 0 Å². The van der Waals surface area contributed by atoms with E-state index in [4.69, 9.17) is 4.55 Å². The summed E-state index contributed by atoms with van der Waals surface area (Å²) in [4.78, 5) is 0. The summed E-state index contributed by atoms with van der Waals surface area (Å²) in [6, 6.07) is 4.62. The molecule has 5 nitrogen and oxygen atoms in total. The maximum atomic E-state index is 13.7. The quantitative estimate of drug-likeness (QED) is 0.373. The average molecular weight is 454 g/mol. The highest BCUT2D eigenvalue weighted by molar-refractivity contribution is 7.88. The fourth-order valence-electron chi connectivity index (χ4n) is 2.85. The molecular formula is C15H16F6O5S2. The Labute approximate surface area is 159 Å². The zero-order valence-electron chi connectivity index (χ0n) is 14.1. The number of benzene rings is 1. The molecule has 0 saturated heterocycles. The van der Waals surface area contributed by atoms with Crippen LogP contribution in [-0.2, 0) is 21.2 Å². The summed E-state index contributed by atoms with van der Waals surface area (Å²) in [5.41, 5.74) is 0.767. The third kappa shape index (κ3) is 4.01. The predicted octanol–water partition coefficient (Wildman–Crippen LogP) is 4.49. The maximum absolute atomic E-state index is 13.7. The lowest BCUT2D eigenvalue weighted by molar-refractivity contribution is -0.245. The Hall–Kier alpha value is -1.34. The summed E-state index contributed by atoms with van der Waals surface area (Å²) in [5.74, 6) is -7.33. The van der Waals surface area contributed by atoms with E-state index in [2.05, 4.69) is 4.18 Å². The normalized spacial score (nSPS) is 18.7. The lowest BCUT2D eigenvalue weighted by Crippen LogP contribution is -2.60. The molecule has 0 radical (unpaired) electrons. The van der Waals surface area contributed by atoms with Crippen molar-refractivity contribution in [1.29, 1.82) is 0 Å². The molecule has 1 saturated carbocycles. The molecule has 1 fully saturated rings. The van der Waals surface area contributed by atoms with Crippen LogP contribution in [0.5, 0.6) is 5.75 Å². The summed E-state index contributed by atoms with van der Waals surface area (Å²) >= 11 is -4.76. The molecule has 28 heavy (non-hydrogen) atoms. The molecule has 13 heteroatoms. The first-order valence-corrected chi connectivity index (χ1v) is 10.5. The average Bonchev–Trinajstić information content (AvgIpc) is 2.62. The Morgan fingerprint density at radius 3 is 1.93 bits per heavy atom. The van der Waals surface area contributed by atoms with Gasteiger partial charge in [0.15, 0.2) is 0 Å². The Bertz CT molecular complexity index is 820. The molecule has 1 aromatic carbocycles. The highest BCUT2D eigenvalue weighted by Crippen LogP contribution is 2.50. The Morgan fingerprint density at radius 2 is 1.46 bits per heavy atom. The first kappa shape index (κ1) is 22.9. The van der Waals surface area contributed by atoms with Crippen LogP contribution in [0.3, 0.4) is 0 Å². The second-order valence-electron chi connectivity index (χ2n) is 6.30. The van der Waals surface area contributed by atoms with Crippen LogP contribution in [0.15, 0.2) is 24.3 Å². The van der Waals surface area contributed by atoms with Crippen molar-refractivity contribution in [2.24, 2.45) is 0 Å². The van der Waals surface area contributed by atoms with Gasteiger partial charge in [0.05, 0.1) is 0 Å². The van der Waals surface area contributed by atoms with Gasteiger partial charge >= 0.3 is 26.5 Å². The van der Waals surface area contributed by atoms with E-state index in [1.165, 1.54) is 12.1 Å². The zero-order valence-corrected chi connectivity index (χ0v) is 15.7. The van der Waals surface area contributed by atoms with Crippen molar-refractivity contribution in [1.82, 2.24) is 0 Å². The van der Waals surface area contributed by atoms with Gasteiger partial charge in [0.1, 0.15) is 5.75 Å². The van der Waals surface area contributed by atoms with E-state index in [1.54, 1.807) is 0 Å². The number of alkyl halides is 6. The Balaban J connectivity index is 2.25. The number of rotatable bonds is 7. The topological polar surface area (TPSA) is 80.7 Å². The van der Waals surface area contributed by atoms with Crippen LogP contribution < -0.4 is 4.18 Å². The van der Waals surface area contributed by atoms with Crippen molar-refractivity contribution in [2.75, 3.05) is 0 Å². The van der Waals surface area contributed by atoms with Gasteiger partial charge < -0.3 is 8.74 Å². The van der Waals surface area contributed by atoms with Gasteiger partial charge in [0.2, 0.25) is 11.1 Å². The standard InChI is InChI=1S/C15H16F6O5S2/c16-13(17,14(18,19)27(22)23)15(20,21)28(24,25)26-12-8-6-11(7-9-12)10-4-2-1-3-5-10/h6-10H,1-5H2,(H,22,23). The third-order valence-electron chi connectivity index (χ3n) is 4.43. The summed E-state index contributed by atoms with van der Waals surface area (Å²) in [6.45, 7) is 0. The van der Waals surface area contributed by atoms with Gasteiger partial charge in [-0.1, -0.05) is 31.4 Å². The van der Waals surface area contributed by atoms with E-state index in [-0.39, 0.29) is 5.92 Å². The monoisotopic (exact) mass is 454 g/mol. The highest BCUT2D eigenvalue weighted by Gasteiger charge is 2.81. The van der Waals surface area contributed by atoms with Gasteiger partial charge in [-0.2, -0.15) is 34.8 Å². The zero-order chi connectivity index (χ0) is 21.4. The van der Waals surface area contributed by atoms with Gasteiger partial charge in [0, 0.05) is 0 Å². The van der Waals surface area contributed by atoms with E-state index < -0.39 is 43.4 Å². The molecule has 0 bridgehead atoms. The molecule has 0 spiro atoms. The van der Waals surface area contributed by atoms with Gasteiger partial charge in [-0.15, -0.1) is 0 Å². The maximum Gasteiger partial charge on any atom is 0.450 e. The Kier molecular flexibility index (Phi) is 6.41. The van der Waals surface area contributed by atoms with Crippen molar-refractivity contribution < 1.29 is 47.7 Å². The van der Waals surface area contributed by atoms with Gasteiger partial charge in [-0.05, 0) is 36.5 Å². The van der Waals surface area contributed by atoms with Crippen molar-refractivity contribution in [3.05, 3.63) is 29.8 Å². The van der Waals surface area contributed by atoms with Crippen molar-refractivity contribution in [2.45, 2.75) is 54.5 Å². The van der Waals surface area contributed by atoms with Crippen molar-refractivity contribution in [3.8, 4) is 5.75 Å². The third-order valence-corrected chi connectivity index (χ3v) is 6.42. The Morgan fingerprint density at radius 1 is 0.964 bits per heavy atom. The fourth-order valence-corrected chi connectivity index (χ4v) is 4.17. The van der Waals surface area contributed by atoms with Crippen LogP contribution in [0.4, 0.5) is 26.3 Å². The van der Waals surface area contributed by atoms with Crippen LogP contribution in [0.2, 0.25) is 0 Å². The van der Waals surface area contributed by atoms with E-state index in [9.17, 15) is 39.0 Å². The van der Waals surface area contributed by atoms with Crippen LogP contribution >= 0.6 is 0 Å². The van der Waals surface area contributed by atoms with Crippen LogP contribution in [0.1, 0.15) is 43.6 Å². The minimum Gasteiger partial charge on any atom is -0.378 e. The smallest absolute Gasteiger partial charge is 0.378 e. The SMILES string of the molecule is O=S(O)C(F)(F)C(F)(F)C(F)(F)S(=O)(=O)Oc1ccc(C2CCCCC2)cc1. The summed E-state index contributed by atoms with van der Waals surface area (Å²) in [6.07, 6.45) is 4.78. The first-order valence-electron chi connectivity index (χ1n) is 8.02. The molecule has 0 aromatic heterocycles. The van der Waals surface area contributed by atoms with Crippen molar-refractivity contribution in [3.63, 3.8) is 0 Å². The molecule has 0 heterocycles. The molecule has 1 aromatic rings. The molecule has 1 N–H and O–H groups in total. The number of hydrogen-bond donors (Lipinski definition) is 1. The molecule has 0 amide bonds. The molecule has 160 valence electrons. The summed E-state index contributed by atoms with van der Waals surface area (Å²) < 4.78 is 126. The van der Waals surface area contributed by atoms with E-state index in [1.807, 2.05) is 0 Å². The van der Waals surface area contributed by atoms with E-state index in [0.29, 0.717) is 0 Å². The molecule has 1 aliphatic rings. The molecule has 1 aliphatic carbocycles. The molecule has 1 unspecified atom stereocenters. The molecular weight excluding hydrogens is 438 g/mol. The van der Waals surface area contributed by atoms with E-state index >= 15 is 0 Å².